The van der Waals surface area contributed by atoms with Crippen molar-refractivity contribution in [2.24, 2.45) is 5.92 Å². The number of ether oxygens (including phenoxy) is 1. The summed E-state index contributed by atoms with van der Waals surface area (Å²) in [5.41, 5.74) is 0.966. The minimum atomic E-state index is -3.71. The first kappa shape index (κ1) is 23.4. The van der Waals surface area contributed by atoms with Crippen LogP contribution in [0.5, 0.6) is 0 Å². The van der Waals surface area contributed by atoms with Gasteiger partial charge in [-0.15, -0.1) is 11.3 Å². The number of aryl methyl sites for hydroxylation is 2. The number of nitrogens with zero attached hydrogens (tertiary/aromatic N) is 2. The lowest BCUT2D eigenvalue weighted by Gasteiger charge is -2.30. The van der Waals surface area contributed by atoms with Crippen molar-refractivity contribution in [2.75, 3.05) is 25.0 Å². The van der Waals surface area contributed by atoms with Crippen LogP contribution in [-0.2, 0) is 19.6 Å². The summed E-state index contributed by atoms with van der Waals surface area (Å²) in [6.07, 6.45) is 0.838. The van der Waals surface area contributed by atoms with E-state index < -0.39 is 10.0 Å². The minimum absolute atomic E-state index is 0.108. The molecule has 1 aliphatic heterocycles. The van der Waals surface area contributed by atoms with Crippen LogP contribution < -0.4 is 5.32 Å². The number of hydrogen-bond donors (Lipinski definition) is 1. The number of fused-ring (bicyclic) bond motifs is 1. The molecule has 0 aliphatic carbocycles. The van der Waals surface area contributed by atoms with Gasteiger partial charge in [0, 0.05) is 29.4 Å². The summed E-state index contributed by atoms with van der Waals surface area (Å²) in [6.45, 7) is 5.74. The topological polar surface area (TPSA) is 119 Å². The lowest BCUT2D eigenvalue weighted by Crippen LogP contribution is -2.41. The number of anilines is 1. The van der Waals surface area contributed by atoms with E-state index in [1.165, 1.54) is 15.6 Å². The molecule has 0 atom stereocenters. The van der Waals surface area contributed by atoms with Crippen LogP contribution in [0.4, 0.5) is 5.69 Å². The number of carbonyl (C=O) groups is 2. The molecule has 4 rings (SSSR count). The molecule has 1 fully saturated rings. The maximum absolute atomic E-state index is 13.0. The van der Waals surface area contributed by atoms with Gasteiger partial charge in [-0.25, -0.2) is 13.2 Å². The first-order valence-corrected chi connectivity index (χ1v) is 12.9. The van der Waals surface area contributed by atoms with Gasteiger partial charge in [0.15, 0.2) is 5.76 Å². The summed E-state index contributed by atoms with van der Waals surface area (Å²) in [7, 11) is -3.71. The minimum Gasteiger partial charge on any atom is -0.462 e. The highest BCUT2D eigenvalue weighted by atomic mass is 32.2. The van der Waals surface area contributed by atoms with E-state index in [-0.39, 0.29) is 41.5 Å². The Bertz CT molecular complexity index is 1280. The third-order valence-electron chi connectivity index (χ3n) is 5.65. The van der Waals surface area contributed by atoms with Crippen LogP contribution in [0.15, 0.2) is 33.7 Å². The standard InChI is InChI=1S/C22H25N3O6S2/c1-4-30-22(27)19-12-16-11-17(5-6-18(16)32-19)23-21(26)15-7-9-25(10-8-15)33(28,29)20-13(2)24-31-14(20)3/h5-6,11-12,15H,4,7-10H2,1-3H3,(H,23,26). The van der Waals surface area contributed by atoms with E-state index in [0.29, 0.717) is 35.7 Å². The quantitative estimate of drug-likeness (QED) is 0.522. The van der Waals surface area contributed by atoms with Gasteiger partial charge in [0.05, 0.1) is 6.61 Å². The van der Waals surface area contributed by atoms with Crippen molar-refractivity contribution < 1.29 is 27.3 Å². The molecule has 1 N–H and O–H groups in total. The van der Waals surface area contributed by atoms with E-state index >= 15 is 0 Å². The Morgan fingerprint density at radius 2 is 1.97 bits per heavy atom. The second kappa shape index (κ2) is 9.24. The number of amides is 1. The third kappa shape index (κ3) is 4.66. The van der Waals surface area contributed by atoms with E-state index in [0.717, 1.165) is 10.1 Å². The molecule has 1 aromatic carbocycles. The van der Waals surface area contributed by atoms with Crippen LogP contribution in [0.25, 0.3) is 10.1 Å². The Labute approximate surface area is 195 Å². The van der Waals surface area contributed by atoms with Crippen LogP contribution in [0.2, 0.25) is 0 Å². The largest absolute Gasteiger partial charge is 0.462 e. The summed E-state index contributed by atoms with van der Waals surface area (Å²) in [5.74, 6) is -0.538. The summed E-state index contributed by atoms with van der Waals surface area (Å²) < 4.78 is 38.3. The highest BCUT2D eigenvalue weighted by molar-refractivity contribution is 7.89. The van der Waals surface area contributed by atoms with Gasteiger partial charge in [0.1, 0.15) is 15.5 Å². The highest BCUT2D eigenvalue weighted by Crippen LogP contribution is 2.30. The fourth-order valence-electron chi connectivity index (χ4n) is 4.00. The second-order valence-electron chi connectivity index (χ2n) is 7.90. The molecule has 1 saturated heterocycles. The molecule has 9 nitrogen and oxygen atoms in total. The number of sulfonamides is 1. The summed E-state index contributed by atoms with van der Waals surface area (Å²) in [4.78, 5) is 25.4. The Balaban J connectivity index is 1.40. The number of aromatic nitrogens is 1. The number of thiophene rings is 1. The first-order chi connectivity index (χ1) is 15.7. The third-order valence-corrected chi connectivity index (χ3v) is 8.89. The first-order valence-electron chi connectivity index (χ1n) is 10.6. The van der Waals surface area contributed by atoms with Gasteiger partial charge in [-0.05, 0) is 63.3 Å². The van der Waals surface area contributed by atoms with Gasteiger partial charge in [0.25, 0.3) is 0 Å². The van der Waals surface area contributed by atoms with Crippen molar-refractivity contribution in [3.63, 3.8) is 0 Å². The molecule has 0 radical (unpaired) electrons. The average molecular weight is 492 g/mol. The van der Waals surface area contributed by atoms with Gasteiger partial charge in [-0.1, -0.05) is 5.16 Å². The zero-order valence-corrected chi connectivity index (χ0v) is 20.2. The molecule has 0 unspecified atom stereocenters. The molecule has 33 heavy (non-hydrogen) atoms. The smallest absolute Gasteiger partial charge is 0.348 e. The number of hydrogen-bond acceptors (Lipinski definition) is 8. The van der Waals surface area contributed by atoms with Crippen molar-refractivity contribution in [1.82, 2.24) is 9.46 Å². The summed E-state index contributed by atoms with van der Waals surface area (Å²) >= 11 is 1.34. The monoisotopic (exact) mass is 491 g/mol. The van der Waals surface area contributed by atoms with Crippen molar-refractivity contribution in [3.05, 3.63) is 40.6 Å². The Kier molecular flexibility index (Phi) is 6.55. The molecule has 3 aromatic rings. The molecule has 11 heteroatoms. The van der Waals surface area contributed by atoms with E-state index in [2.05, 4.69) is 10.5 Å². The van der Waals surface area contributed by atoms with Crippen LogP contribution in [-0.4, -0.2) is 49.5 Å². The van der Waals surface area contributed by atoms with Crippen molar-refractivity contribution in [1.29, 1.82) is 0 Å². The summed E-state index contributed by atoms with van der Waals surface area (Å²) in [6, 6.07) is 7.23. The number of benzene rings is 1. The van der Waals surface area contributed by atoms with Crippen LogP contribution >= 0.6 is 11.3 Å². The van der Waals surface area contributed by atoms with Crippen molar-refractivity contribution >= 4 is 49.0 Å². The maximum Gasteiger partial charge on any atom is 0.348 e. The average Bonchev–Trinajstić information content (AvgIpc) is 3.36. The number of piperidine rings is 1. The highest BCUT2D eigenvalue weighted by Gasteiger charge is 2.35. The van der Waals surface area contributed by atoms with Crippen LogP contribution in [0, 0.1) is 19.8 Å². The number of nitrogens with one attached hydrogen (secondary N) is 1. The molecule has 1 aliphatic rings. The number of rotatable bonds is 6. The van der Waals surface area contributed by atoms with E-state index in [4.69, 9.17) is 9.26 Å². The zero-order valence-electron chi connectivity index (χ0n) is 18.6. The van der Waals surface area contributed by atoms with Gasteiger partial charge < -0.3 is 14.6 Å². The Morgan fingerprint density at radius 3 is 2.61 bits per heavy atom. The Morgan fingerprint density at radius 1 is 1.24 bits per heavy atom. The number of esters is 1. The predicted octanol–water partition coefficient (Wildman–Crippen LogP) is 3.72. The van der Waals surface area contributed by atoms with Gasteiger partial charge in [-0.3, -0.25) is 4.79 Å². The second-order valence-corrected chi connectivity index (χ2v) is 10.9. The molecule has 3 heterocycles. The van der Waals surface area contributed by atoms with Gasteiger partial charge in [-0.2, -0.15) is 4.31 Å². The van der Waals surface area contributed by atoms with Gasteiger partial charge in [0.2, 0.25) is 15.9 Å². The van der Waals surface area contributed by atoms with Gasteiger partial charge >= 0.3 is 5.97 Å². The predicted molar refractivity (Wildman–Crippen MR) is 124 cm³/mol. The fourth-order valence-corrected chi connectivity index (χ4v) is 6.70. The molecule has 1 amide bonds. The van der Waals surface area contributed by atoms with E-state index in [9.17, 15) is 18.0 Å². The molecular formula is C22H25N3O6S2. The zero-order chi connectivity index (χ0) is 23.8. The lowest BCUT2D eigenvalue weighted by molar-refractivity contribution is -0.120. The molecule has 0 bridgehead atoms. The fraction of sp³-hybridized carbons (Fsp3) is 0.409. The molecule has 176 valence electrons. The molecule has 0 saturated carbocycles. The van der Waals surface area contributed by atoms with E-state index in [1.807, 2.05) is 12.1 Å². The van der Waals surface area contributed by atoms with Crippen LogP contribution in [0.3, 0.4) is 0 Å². The molecular weight excluding hydrogens is 466 g/mol. The van der Waals surface area contributed by atoms with Crippen molar-refractivity contribution in [3.8, 4) is 0 Å². The Hall–Kier alpha value is -2.76. The van der Waals surface area contributed by atoms with E-state index in [1.54, 1.807) is 32.9 Å². The SMILES string of the molecule is CCOC(=O)c1cc2cc(NC(=O)C3CCN(S(=O)(=O)c4c(C)noc4C)CC3)ccc2s1. The summed E-state index contributed by atoms with van der Waals surface area (Å²) in [5, 5.41) is 7.51. The molecule has 2 aromatic heterocycles. The normalized spacial score (nSPS) is 15.6. The van der Waals surface area contributed by atoms with Crippen LogP contribution in [0.1, 0.15) is 40.9 Å². The maximum atomic E-state index is 13.0. The number of carbonyl (C=O) groups excluding carboxylic acids is 2. The lowest BCUT2D eigenvalue weighted by atomic mass is 9.97. The van der Waals surface area contributed by atoms with Crippen molar-refractivity contribution in [2.45, 2.75) is 38.5 Å². The molecule has 0 spiro atoms.